The number of guanidine groups is 1. The molecule has 0 bridgehead atoms. The lowest BCUT2D eigenvalue weighted by molar-refractivity contribution is 0.176. The molecule has 2 N–H and O–H groups in total. The summed E-state index contributed by atoms with van der Waals surface area (Å²) in [5, 5.41) is 11.4. The van der Waals surface area contributed by atoms with Crippen LogP contribution in [0, 0.1) is 26.7 Å². The number of nitrogens with one attached hydrogen (secondary N) is 2. The first-order chi connectivity index (χ1) is 13.5. The highest BCUT2D eigenvalue weighted by molar-refractivity contribution is 14.0. The lowest BCUT2D eigenvalue weighted by atomic mass is 9.97. The van der Waals surface area contributed by atoms with Crippen molar-refractivity contribution in [1.82, 2.24) is 25.5 Å². The van der Waals surface area contributed by atoms with Gasteiger partial charge in [-0.2, -0.15) is 0 Å². The Hall–Kier alpha value is -0.780. The molecular weight excluding hydrogens is 515 g/mol. The lowest BCUT2D eigenvalue weighted by Crippen LogP contribution is -2.42. The molecule has 1 fully saturated rings. The Morgan fingerprint density at radius 1 is 1.17 bits per heavy atom. The summed E-state index contributed by atoms with van der Waals surface area (Å²) in [5.74, 6) is 1.61. The Kier molecular flexibility index (Phi) is 10.3. The first kappa shape index (κ1) is 24.5. The fourth-order valence-corrected chi connectivity index (χ4v) is 4.98. The lowest BCUT2D eigenvalue weighted by Gasteiger charge is -2.31. The summed E-state index contributed by atoms with van der Waals surface area (Å²) in [6, 6.07) is 0. The molecule has 0 amide bonds. The summed E-state index contributed by atoms with van der Waals surface area (Å²) >= 11 is 3.48. The van der Waals surface area contributed by atoms with Crippen LogP contribution in [0.25, 0.3) is 0 Å². The summed E-state index contributed by atoms with van der Waals surface area (Å²) in [7, 11) is 0. The van der Waals surface area contributed by atoms with Crippen LogP contribution >= 0.6 is 46.7 Å². The van der Waals surface area contributed by atoms with Crippen LogP contribution in [0.2, 0.25) is 0 Å². The van der Waals surface area contributed by atoms with Gasteiger partial charge >= 0.3 is 0 Å². The summed E-state index contributed by atoms with van der Waals surface area (Å²) in [4.78, 5) is 17.6. The van der Waals surface area contributed by atoms with E-state index >= 15 is 0 Å². The molecule has 2 aromatic heterocycles. The van der Waals surface area contributed by atoms with Crippen LogP contribution in [0.3, 0.4) is 0 Å². The zero-order chi connectivity index (χ0) is 19.9. The number of hydrogen-bond donors (Lipinski definition) is 2. The van der Waals surface area contributed by atoms with Crippen LogP contribution in [-0.4, -0.2) is 47.0 Å². The number of thiazole rings is 2. The van der Waals surface area contributed by atoms with Gasteiger partial charge in [-0.15, -0.1) is 46.7 Å². The zero-order valence-electron chi connectivity index (χ0n) is 17.8. The second kappa shape index (κ2) is 12.2. The maximum atomic E-state index is 4.76. The van der Waals surface area contributed by atoms with Crippen LogP contribution in [0.15, 0.2) is 10.4 Å². The van der Waals surface area contributed by atoms with Gasteiger partial charge in [0, 0.05) is 29.9 Å². The Labute approximate surface area is 199 Å². The molecule has 0 saturated carbocycles. The van der Waals surface area contributed by atoms with E-state index in [0.29, 0.717) is 12.5 Å². The standard InChI is InChI=1S/C20H32N6S2.HI/c1-5-21-20(23-11-19-14(2)24-16(4)28-19)22-10-17-6-8-26(9-7-17)12-18-13-27-15(3)25-18;/h13,17H,5-12H2,1-4H3,(H2,21,22,23);1H. The van der Waals surface area contributed by atoms with E-state index in [1.165, 1.54) is 23.4 Å². The van der Waals surface area contributed by atoms with E-state index in [2.05, 4.69) is 58.6 Å². The topological polar surface area (TPSA) is 65.4 Å². The number of hydrogen-bond acceptors (Lipinski definition) is 6. The van der Waals surface area contributed by atoms with Gasteiger partial charge in [0.15, 0.2) is 5.96 Å². The van der Waals surface area contributed by atoms with E-state index < -0.39 is 0 Å². The predicted molar refractivity (Wildman–Crippen MR) is 135 cm³/mol. The smallest absolute Gasteiger partial charge is 0.191 e. The summed E-state index contributed by atoms with van der Waals surface area (Å²) in [6.45, 7) is 14.1. The van der Waals surface area contributed by atoms with Crippen molar-refractivity contribution in [2.24, 2.45) is 10.9 Å². The van der Waals surface area contributed by atoms with Gasteiger partial charge in [-0.1, -0.05) is 0 Å². The molecule has 29 heavy (non-hydrogen) atoms. The molecule has 9 heteroatoms. The van der Waals surface area contributed by atoms with Gasteiger partial charge in [0.2, 0.25) is 0 Å². The van der Waals surface area contributed by atoms with Crippen molar-refractivity contribution in [3.05, 3.63) is 31.7 Å². The van der Waals surface area contributed by atoms with E-state index in [0.717, 1.165) is 54.4 Å². The number of rotatable bonds is 7. The van der Waals surface area contributed by atoms with Gasteiger partial charge < -0.3 is 10.6 Å². The highest BCUT2D eigenvalue weighted by Gasteiger charge is 2.20. The van der Waals surface area contributed by atoms with Crippen molar-refractivity contribution in [1.29, 1.82) is 0 Å². The number of nitrogens with zero attached hydrogens (tertiary/aromatic N) is 4. The van der Waals surface area contributed by atoms with E-state index in [9.17, 15) is 0 Å². The molecule has 0 atom stereocenters. The van der Waals surface area contributed by atoms with E-state index in [4.69, 9.17) is 4.99 Å². The van der Waals surface area contributed by atoms with Crippen LogP contribution in [0.1, 0.15) is 46.0 Å². The average molecular weight is 549 g/mol. The van der Waals surface area contributed by atoms with Crippen molar-refractivity contribution in [3.8, 4) is 0 Å². The molecule has 1 saturated heterocycles. The third-order valence-electron chi connectivity index (χ3n) is 5.04. The average Bonchev–Trinajstić information content (AvgIpc) is 3.22. The number of aryl methyl sites for hydroxylation is 3. The fourth-order valence-electron chi connectivity index (χ4n) is 3.51. The number of likely N-dealkylation sites (tertiary alicyclic amines) is 1. The molecule has 3 rings (SSSR count). The minimum Gasteiger partial charge on any atom is -0.357 e. The highest BCUT2D eigenvalue weighted by atomic mass is 127. The molecule has 0 radical (unpaired) electrons. The molecule has 6 nitrogen and oxygen atoms in total. The third-order valence-corrected chi connectivity index (χ3v) is 6.92. The molecule has 1 aliphatic rings. The van der Waals surface area contributed by atoms with Crippen molar-refractivity contribution >= 4 is 52.6 Å². The minimum absolute atomic E-state index is 0. The normalized spacial score (nSPS) is 15.9. The van der Waals surface area contributed by atoms with Crippen LogP contribution in [-0.2, 0) is 13.1 Å². The molecule has 0 unspecified atom stereocenters. The van der Waals surface area contributed by atoms with E-state index in [-0.39, 0.29) is 24.0 Å². The predicted octanol–water partition coefficient (Wildman–Crippen LogP) is 4.11. The first-order valence-corrected chi connectivity index (χ1v) is 11.8. The first-order valence-electron chi connectivity index (χ1n) is 10.1. The van der Waals surface area contributed by atoms with Gasteiger partial charge in [0.25, 0.3) is 0 Å². The number of piperidine rings is 1. The molecule has 3 heterocycles. The van der Waals surface area contributed by atoms with Gasteiger partial charge in [0.05, 0.1) is 27.9 Å². The quantitative estimate of drug-likeness (QED) is 0.310. The van der Waals surface area contributed by atoms with Crippen LogP contribution in [0.5, 0.6) is 0 Å². The molecule has 2 aromatic rings. The zero-order valence-corrected chi connectivity index (χ0v) is 21.8. The van der Waals surface area contributed by atoms with Crippen LogP contribution < -0.4 is 10.6 Å². The molecular formula is C20H33IN6S2. The fraction of sp³-hybridized carbons (Fsp3) is 0.650. The van der Waals surface area contributed by atoms with Crippen molar-refractivity contribution in [2.75, 3.05) is 26.2 Å². The molecule has 0 aliphatic carbocycles. The molecule has 0 spiro atoms. The van der Waals surface area contributed by atoms with E-state index in [1.54, 1.807) is 22.7 Å². The molecule has 0 aromatic carbocycles. The molecule has 162 valence electrons. The number of aromatic nitrogens is 2. The third kappa shape index (κ3) is 7.76. The van der Waals surface area contributed by atoms with Crippen LogP contribution in [0.4, 0.5) is 0 Å². The number of halogens is 1. The Morgan fingerprint density at radius 2 is 1.93 bits per heavy atom. The Bertz CT molecular complexity index is 780. The second-order valence-electron chi connectivity index (χ2n) is 7.39. The van der Waals surface area contributed by atoms with E-state index in [1.807, 2.05) is 0 Å². The van der Waals surface area contributed by atoms with Gasteiger partial charge in [-0.25, -0.2) is 15.0 Å². The largest absolute Gasteiger partial charge is 0.357 e. The van der Waals surface area contributed by atoms with Gasteiger partial charge in [-0.3, -0.25) is 4.90 Å². The maximum absolute atomic E-state index is 4.76. The highest BCUT2D eigenvalue weighted by Crippen LogP contribution is 2.20. The second-order valence-corrected chi connectivity index (χ2v) is 9.74. The maximum Gasteiger partial charge on any atom is 0.191 e. The Morgan fingerprint density at radius 3 is 2.52 bits per heavy atom. The Balaban J connectivity index is 0.00000300. The summed E-state index contributed by atoms with van der Waals surface area (Å²) < 4.78 is 0. The number of aliphatic imine (C=N–C) groups is 1. The molecule has 1 aliphatic heterocycles. The van der Waals surface area contributed by atoms with Crippen molar-refractivity contribution in [3.63, 3.8) is 0 Å². The minimum atomic E-state index is 0. The summed E-state index contributed by atoms with van der Waals surface area (Å²) in [5.41, 5.74) is 2.32. The summed E-state index contributed by atoms with van der Waals surface area (Å²) in [6.07, 6.45) is 2.45. The van der Waals surface area contributed by atoms with Gasteiger partial charge in [-0.05, 0) is 59.5 Å². The van der Waals surface area contributed by atoms with Crippen molar-refractivity contribution < 1.29 is 0 Å². The van der Waals surface area contributed by atoms with Gasteiger partial charge in [0.1, 0.15) is 0 Å². The monoisotopic (exact) mass is 548 g/mol. The van der Waals surface area contributed by atoms with Crippen molar-refractivity contribution in [2.45, 2.75) is 53.6 Å². The SMILES string of the molecule is CCNC(=NCc1sc(C)nc1C)NCC1CCN(Cc2csc(C)n2)CC1.I.